The molecule has 0 spiro atoms. The van der Waals surface area contributed by atoms with Gasteiger partial charge in [-0.05, 0) is 18.6 Å². The van der Waals surface area contributed by atoms with Crippen LogP contribution in [0.3, 0.4) is 0 Å². The van der Waals surface area contributed by atoms with E-state index in [2.05, 4.69) is 11.2 Å². The van der Waals surface area contributed by atoms with E-state index in [-0.39, 0.29) is 5.02 Å². The first kappa shape index (κ1) is 10.9. The third kappa shape index (κ3) is 2.93. The second-order valence-electron chi connectivity index (χ2n) is 2.84. The number of rotatable bonds is 4. The van der Waals surface area contributed by atoms with E-state index in [1.807, 2.05) is 0 Å². The molecule has 1 aromatic rings. The molecule has 1 N–H and O–H groups in total. The number of benzene rings is 1. The van der Waals surface area contributed by atoms with Crippen LogP contribution >= 0.6 is 11.6 Å². The van der Waals surface area contributed by atoms with Crippen molar-refractivity contribution in [2.24, 2.45) is 0 Å². The van der Waals surface area contributed by atoms with Gasteiger partial charge in [-0.2, -0.15) is 0 Å². The summed E-state index contributed by atoms with van der Waals surface area (Å²) >= 11 is 5.61. The third-order valence-electron chi connectivity index (χ3n) is 1.76. The van der Waals surface area contributed by atoms with E-state index in [1.54, 1.807) is 12.1 Å². The average molecular weight is 212 g/mol. The number of unbranched alkanes of at least 4 members (excludes halogenated alkanes) is 1. The molecule has 74 valence electrons. The summed E-state index contributed by atoms with van der Waals surface area (Å²) in [5.41, 5.74) is 0.425. The zero-order valence-electron chi connectivity index (χ0n) is 7.69. The largest absolute Gasteiger partial charge is 0.383 e. The molecule has 0 aromatic heterocycles. The summed E-state index contributed by atoms with van der Waals surface area (Å²) in [5.74, 6) is 2.11. The first-order valence-electron chi connectivity index (χ1n) is 4.37. The molecular formula is C11H11ClFN. The van der Waals surface area contributed by atoms with Gasteiger partial charge in [-0.1, -0.05) is 17.7 Å². The Morgan fingerprint density at radius 1 is 1.50 bits per heavy atom. The predicted molar refractivity (Wildman–Crippen MR) is 58.0 cm³/mol. The maximum Gasteiger partial charge on any atom is 0.164 e. The Kier molecular flexibility index (Phi) is 4.28. The molecule has 0 saturated heterocycles. The van der Waals surface area contributed by atoms with Crippen molar-refractivity contribution in [3.05, 3.63) is 29.0 Å². The highest BCUT2D eigenvalue weighted by Gasteiger charge is 2.04. The SMILES string of the molecule is C#CCCCNc1cccc(Cl)c1F. The predicted octanol–water partition coefficient (Wildman–Crippen LogP) is 3.30. The highest BCUT2D eigenvalue weighted by atomic mass is 35.5. The van der Waals surface area contributed by atoms with E-state index < -0.39 is 5.82 Å². The van der Waals surface area contributed by atoms with Gasteiger partial charge in [0.15, 0.2) is 5.82 Å². The van der Waals surface area contributed by atoms with E-state index in [9.17, 15) is 4.39 Å². The van der Waals surface area contributed by atoms with Crippen molar-refractivity contribution in [1.29, 1.82) is 0 Å². The number of hydrogen-bond acceptors (Lipinski definition) is 1. The van der Waals surface area contributed by atoms with Crippen LogP contribution in [0.4, 0.5) is 10.1 Å². The summed E-state index contributed by atoms with van der Waals surface area (Å²) in [5, 5.41) is 3.06. The standard InChI is InChI=1S/C11H11ClFN/c1-2-3-4-8-14-10-7-5-6-9(12)11(10)13/h1,5-7,14H,3-4,8H2. The fourth-order valence-corrected chi connectivity index (χ4v) is 1.23. The van der Waals surface area contributed by atoms with Crippen molar-refractivity contribution < 1.29 is 4.39 Å². The molecule has 0 aliphatic rings. The number of hydrogen-bond donors (Lipinski definition) is 1. The topological polar surface area (TPSA) is 12.0 Å². The molecule has 0 amide bonds. The number of terminal acetylenes is 1. The molecule has 0 aliphatic heterocycles. The molecule has 0 fully saturated rings. The van der Waals surface area contributed by atoms with Gasteiger partial charge >= 0.3 is 0 Å². The highest BCUT2D eigenvalue weighted by molar-refractivity contribution is 6.31. The second-order valence-corrected chi connectivity index (χ2v) is 3.24. The molecule has 0 bridgehead atoms. The molecular weight excluding hydrogens is 201 g/mol. The Bertz CT molecular complexity index is 344. The van der Waals surface area contributed by atoms with Gasteiger partial charge < -0.3 is 5.32 Å². The minimum absolute atomic E-state index is 0.131. The van der Waals surface area contributed by atoms with Crippen LogP contribution in [0.25, 0.3) is 0 Å². The lowest BCUT2D eigenvalue weighted by Crippen LogP contribution is -2.03. The zero-order chi connectivity index (χ0) is 10.4. The summed E-state index contributed by atoms with van der Waals surface area (Å²) in [4.78, 5) is 0. The first-order valence-corrected chi connectivity index (χ1v) is 4.75. The van der Waals surface area contributed by atoms with Gasteiger partial charge in [-0.25, -0.2) is 4.39 Å². The molecule has 1 aromatic carbocycles. The van der Waals surface area contributed by atoms with Crippen molar-refractivity contribution in [3.63, 3.8) is 0 Å². The van der Waals surface area contributed by atoms with Crippen LogP contribution in [0.15, 0.2) is 18.2 Å². The van der Waals surface area contributed by atoms with Crippen LogP contribution in [-0.4, -0.2) is 6.54 Å². The van der Waals surface area contributed by atoms with Crippen LogP contribution in [0.2, 0.25) is 5.02 Å². The Labute approximate surface area is 88.3 Å². The van der Waals surface area contributed by atoms with Crippen molar-refractivity contribution >= 4 is 17.3 Å². The minimum atomic E-state index is -0.408. The zero-order valence-corrected chi connectivity index (χ0v) is 8.44. The molecule has 0 atom stereocenters. The van der Waals surface area contributed by atoms with Gasteiger partial charge in [-0.3, -0.25) is 0 Å². The number of anilines is 1. The summed E-state index contributed by atoms with van der Waals surface area (Å²) in [7, 11) is 0. The van der Waals surface area contributed by atoms with Crippen LogP contribution in [-0.2, 0) is 0 Å². The maximum absolute atomic E-state index is 13.3. The third-order valence-corrected chi connectivity index (χ3v) is 2.06. The Morgan fingerprint density at radius 2 is 2.29 bits per heavy atom. The van der Waals surface area contributed by atoms with Gasteiger partial charge in [0.25, 0.3) is 0 Å². The van der Waals surface area contributed by atoms with Crippen molar-refractivity contribution in [3.8, 4) is 12.3 Å². The lowest BCUT2D eigenvalue weighted by Gasteiger charge is -2.06. The van der Waals surface area contributed by atoms with Gasteiger partial charge in [-0.15, -0.1) is 12.3 Å². The molecule has 0 heterocycles. The molecule has 0 aliphatic carbocycles. The summed E-state index contributed by atoms with van der Waals surface area (Å²) in [6.07, 6.45) is 6.60. The minimum Gasteiger partial charge on any atom is -0.383 e. The smallest absolute Gasteiger partial charge is 0.164 e. The van der Waals surface area contributed by atoms with E-state index in [1.165, 1.54) is 6.07 Å². The van der Waals surface area contributed by atoms with Gasteiger partial charge in [0.2, 0.25) is 0 Å². The average Bonchev–Trinajstić information content (AvgIpc) is 2.19. The monoisotopic (exact) mass is 211 g/mol. The summed E-state index contributed by atoms with van der Waals surface area (Å²) < 4.78 is 13.3. The van der Waals surface area contributed by atoms with Crippen molar-refractivity contribution in [2.75, 3.05) is 11.9 Å². The quantitative estimate of drug-likeness (QED) is 0.595. The van der Waals surface area contributed by atoms with Crippen LogP contribution in [0.5, 0.6) is 0 Å². The number of nitrogens with one attached hydrogen (secondary N) is 1. The lowest BCUT2D eigenvalue weighted by molar-refractivity contribution is 0.630. The molecule has 14 heavy (non-hydrogen) atoms. The van der Waals surface area contributed by atoms with Crippen LogP contribution < -0.4 is 5.32 Å². The normalized spacial score (nSPS) is 9.50. The van der Waals surface area contributed by atoms with E-state index in [0.29, 0.717) is 18.7 Å². The van der Waals surface area contributed by atoms with E-state index >= 15 is 0 Å². The van der Waals surface area contributed by atoms with Crippen molar-refractivity contribution in [2.45, 2.75) is 12.8 Å². The van der Waals surface area contributed by atoms with Crippen LogP contribution in [0, 0.1) is 18.2 Å². The summed E-state index contributed by atoms with van der Waals surface area (Å²) in [6.45, 7) is 0.654. The molecule has 0 unspecified atom stereocenters. The molecule has 0 radical (unpaired) electrons. The van der Waals surface area contributed by atoms with Crippen LogP contribution in [0.1, 0.15) is 12.8 Å². The molecule has 1 nitrogen and oxygen atoms in total. The van der Waals surface area contributed by atoms with E-state index in [4.69, 9.17) is 18.0 Å². The molecule has 3 heteroatoms. The highest BCUT2D eigenvalue weighted by Crippen LogP contribution is 2.21. The summed E-state index contributed by atoms with van der Waals surface area (Å²) in [6, 6.07) is 4.87. The van der Waals surface area contributed by atoms with Gasteiger partial charge in [0.1, 0.15) is 0 Å². The van der Waals surface area contributed by atoms with E-state index in [0.717, 1.165) is 6.42 Å². The molecule has 1 rings (SSSR count). The fraction of sp³-hybridized carbons (Fsp3) is 0.273. The Hall–Kier alpha value is -1.20. The maximum atomic E-state index is 13.3. The Morgan fingerprint density at radius 3 is 3.00 bits per heavy atom. The van der Waals surface area contributed by atoms with Crippen molar-refractivity contribution in [1.82, 2.24) is 0 Å². The molecule has 0 saturated carbocycles. The number of halogens is 2. The second kappa shape index (κ2) is 5.51. The fourth-order valence-electron chi connectivity index (χ4n) is 1.05. The first-order chi connectivity index (χ1) is 6.75. The van der Waals surface area contributed by atoms with Gasteiger partial charge in [0, 0.05) is 13.0 Å². The van der Waals surface area contributed by atoms with Gasteiger partial charge in [0.05, 0.1) is 10.7 Å². The Balaban J connectivity index is 2.51. The lowest BCUT2D eigenvalue weighted by atomic mass is 10.2.